The Morgan fingerprint density at radius 2 is 1.95 bits per heavy atom. The Hall–Kier alpha value is -3.95. The van der Waals surface area contributed by atoms with E-state index in [-0.39, 0.29) is 42.0 Å². The predicted octanol–water partition coefficient (Wildman–Crippen LogP) is 3.81. The number of carbonyl (C=O) groups is 2. The van der Waals surface area contributed by atoms with E-state index in [0.29, 0.717) is 30.9 Å². The maximum atomic E-state index is 13.7. The van der Waals surface area contributed by atoms with Gasteiger partial charge in [-0.2, -0.15) is 0 Å². The number of aromatic carboxylic acids is 1. The zero-order chi connectivity index (χ0) is 28.1. The number of carboxylic acid groups (broad SMARTS) is 1. The number of carboxylic acids is 1. The zero-order valence-corrected chi connectivity index (χ0v) is 22.7. The highest BCUT2D eigenvalue weighted by molar-refractivity contribution is 5.98. The van der Waals surface area contributed by atoms with Gasteiger partial charge in [0, 0.05) is 37.3 Å². The van der Waals surface area contributed by atoms with Crippen LogP contribution < -0.4 is 9.47 Å². The van der Waals surface area contributed by atoms with E-state index < -0.39 is 5.97 Å². The number of pyridine rings is 1. The summed E-state index contributed by atoms with van der Waals surface area (Å²) < 4.78 is 11.8. The Morgan fingerprint density at radius 3 is 2.62 bits per heavy atom. The molecule has 0 spiro atoms. The number of hydrogen-bond acceptors (Lipinski definition) is 7. The standard InChI is InChI=1S/C30H35N3O6/c1-19-15-33(20(2)18-34)29(35)26-13-24(23-6-5-7-25(12-23)38-4)14-31-28(26)39-27(19)17-32(3)16-21-8-10-22(11-9-21)30(36)37/h5-14,19-20,27,34H,15-18H2,1-4H3,(H,36,37)/t19-,20+,27+/m1/s1. The largest absolute Gasteiger partial charge is 0.497 e. The summed E-state index contributed by atoms with van der Waals surface area (Å²) in [5.41, 5.74) is 3.19. The van der Waals surface area contributed by atoms with Crippen LogP contribution in [0.1, 0.15) is 40.1 Å². The molecule has 9 heteroatoms. The van der Waals surface area contributed by atoms with Crippen LogP contribution in [-0.2, 0) is 6.54 Å². The number of likely N-dealkylation sites (N-methyl/N-ethyl adjacent to an activating group) is 1. The molecule has 1 aliphatic rings. The maximum Gasteiger partial charge on any atom is 0.335 e. The van der Waals surface area contributed by atoms with Crippen LogP contribution in [0.4, 0.5) is 0 Å². The molecule has 0 saturated heterocycles. The highest BCUT2D eigenvalue weighted by Crippen LogP contribution is 2.31. The monoisotopic (exact) mass is 533 g/mol. The molecule has 2 aromatic carbocycles. The number of hydrogen-bond donors (Lipinski definition) is 2. The van der Waals surface area contributed by atoms with Crippen LogP contribution in [0.25, 0.3) is 11.1 Å². The second-order valence-corrected chi connectivity index (χ2v) is 10.1. The molecule has 1 aromatic heterocycles. The minimum atomic E-state index is -0.955. The van der Waals surface area contributed by atoms with Crippen molar-refractivity contribution in [1.82, 2.24) is 14.8 Å². The van der Waals surface area contributed by atoms with E-state index in [1.807, 2.05) is 57.3 Å². The number of benzene rings is 2. The van der Waals surface area contributed by atoms with Crippen molar-refractivity contribution < 1.29 is 29.3 Å². The van der Waals surface area contributed by atoms with Crippen LogP contribution >= 0.6 is 0 Å². The Kier molecular flexibility index (Phi) is 8.83. The first-order valence-electron chi connectivity index (χ1n) is 12.9. The quantitative estimate of drug-likeness (QED) is 0.427. The van der Waals surface area contributed by atoms with Crippen LogP contribution in [0.2, 0.25) is 0 Å². The fraction of sp³-hybridized carbons (Fsp3) is 0.367. The van der Waals surface area contributed by atoms with Gasteiger partial charge in [0.15, 0.2) is 0 Å². The summed E-state index contributed by atoms with van der Waals surface area (Å²) in [6.07, 6.45) is 1.40. The molecule has 1 amide bonds. The topological polar surface area (TPSA) is 112 Å². The molecular weight excluding hydrogens is 498 g/mol. The van der Waals surface area contributed by atoms with Crippen molar-refractivity contribution in [3.63, 3.8) is 0 Å². The molecule has 4 rings (SSSR count). The Labute approximate surface area is 228 Å². The second kappa shape index (κ2) is 12.3. The Balaban J connectivity index is 1.62. The van der Waals surface area contributed by atoms with Gasteiger partial charge in [0.25, 0.3) is 5.91 Å². The smallest absolute Gasteiger partial charge is 0.335 e. The van der Waals surface area contributed by atoms with Gasteiger partial charge in [-0.3, -0.25) is 9.69 Å². The molecule has 0 saturated carbocycles. The number of carbonyl (C=O) groups excluding carboxylic acids is 1. The number of amides is 1. The molecule has 1 aliphatic heterocycles. The molecule has 3 atom stereocenters. The van der Waals surface area contributed by atoms with Crippen molar-refractivity contribution >= 4 is 11.9 Å². The van der Waals surface area contributed by atoms with E-state index in [1.165, 1.54) is 0 Å². The van der Waals surface area contributed by atoms with Crippen LogP contribution in [0.3, 0.4) is 0 Å². The van der Waals surface area contributed by atoms with E-state index in [0.717, 1.165) is 16.7 Å². The molecule has 2 N–H and O–H groups in total. The third-order valence-corrected chi connectivity index (χ3v) is 7.07. The summed E-state index contributed by atoms with van der Waals surface area (Å²) in [5, 5.41) is 19.1. The lowest BCUT2D eigenvalue weighted by molar-refractivity contribution is 0.0325. The summed E-state index contributed by atoms with van der Waals surface area (Å²) in [5.74, 6) is -0.276. The summed E-state index contributed by atoms with van der Waals surface area (Å²) in [6.45, 7) is 5.26. The van der Waals surface area contributed by atoms with Crippen molar-refractivity contribution in [2.75, 3.05) is 33.9 Å². The molecule has 2 heterocycles. The lowest BCUT2D eigenvalue weighted by Crippen LogP contribution is -2.49. The predicted molar refractivity (Wildman–Crippen MR) is 147 cm³/mol. The maximum absolute atomic E-state index is 13.7. The molecule has 9 nitrogen and oxygen atoms in total. The second-order valence-electron chi connectivity index (χ2n) is 10.1. The van der Waals surface area contributed by atoms with Gasteiger partial charge in [-0.05, 0) is 55.4 Å². The number of aromatic nitrogens is 1. The molecule has 0 fully saturated rings. The fourth-order valence-electron chi connectivity index (χ4n) is 4.72. The van der Waals surface area contributed by atoms with Gasteiger partial charge < -0.3 is 24.6 Å². The molecule has 3 aromatic rings. The van der Waals surface area contributed by atoms with Gasteiger partial charge in [0.2, 0.25) is 5.88 Å². The van der Waals surface area contributed by atoms with Crippen molar-refractivity contribution in [3.8, 4) is 22.8 Å². The fourth-order valence-corrected chi connectivity index (χ4v) is 4.72. The highest BCUT2D eigenvalue weighted by atomic mass is 16.5. The third kappa shape index (κ3) is 6.55. The number of methoxy groups -OCH3 is 1. The van der Waals surface area contributed by atoms with Crippen molar-refractivity contribution in [1.29, 1.82) is 0 Å². The van der Waals surface area contributed by atoms with Crippen LogP contribution in [0, 0.1) is 5.92 Å². The summed E-state index contributed by atoms with van der Waals surface area (Å²) in [4.78, 5) is 33.2. The van der Waals surface area contributed by atoms with Crippen LogP contribution in [0.5, 0.6) is 11.6 Å². The van der Waals surface area contributed by atoms with E-state index >= 15 is 0 Å². The minimum Gasteiger partial charge on any atom is -0.497 e. The first-order chi connectivity index (χ1) is 18.7. The number of aliphatic hydroxyl groups excluding tert-OH is 1. The number of ether oxygens (including phenoxy) is 2. The molecule has 206 valence electrons. The van der Waals surface area contributed by atoms with E-state index in [4.69, 9.17) is 14.6 Å². The van der Waals surface area contributed by atoms with Crippen LogP contribution in [-0.4, -0.2) is 82.9 Å². The van der Waals surface area contributed by atoms with Gasteiger partial charge in [-0.25, -0.2) is 9.78 Å². The van der Waals surface area contributed by atoms with Gasteiger partial charge in [-0.1, -0.05) is 31.2 Å². The van der Waals surface area contributed by atoms with Gasteiger partial charge >= 0.3 is 5.97 Å². The van der Waals surface area contributed by atoms with Crippen LogP contribution in [0.15, 0.2) is 60.8 Å². The molecule has 0 bridgehead atoms. The SMILES string of the molecule is COc1cccc(-c2cnc3c(c2)C(=O)N([C@@H](C)CO)C[C@@H](C)[C@H](CN(C)Cc2ccc(C(=O)O)cc2)O3)c1. The average Bonchev–Trinajstić information content (AvgIpc) is 2.94. The van der Waals surface area contributed by atoms with Crippen molar-refractivity contribution in [2.24, 2.45) is 5.92 Å². The van der Waals surface area contributed by atoms with E-state index in [9.17, 15) is 14.7 Å². The first-order valence-corrected chi connectivity index (χ1v) is 12.9. The molecule has 0 radical (unpaired) electrons. The van der Waals surface area contributed by atoms with Gasteiger partial charge in [-0.15, -0.1) is 0 Å². The van der Waals surface area contributed by atoms with Gasteiger partial charge in [0.05, 0.1) is 25.3 Å². The first kappa shape index (κ1) is 28.1. The van der Waals surface area contributed by atoms with E-state index in [2.05, 4.69) is 9.88 Å². The number of rotatable bonds is 9. The third-order valence-electron chi connectivity index (χ3n) is 7.07. The molecule has 39 heavy (non-hydrogen) atoms. The van der Waals surface area contributed by atoms with E-state index in [1.54, 1.807) is 36.4 Å². The normalized spacial score (nSPS) is 18.1. The average molecular weight is 534 g/mol. The lowest BCUT2D eigenvalue weighted by Gasteiger charge is -2.37. The number of aliphatic hydroxyl groups is 1. The summed E-state index contributed by atoms with van der Waals surface area (Å²) >= 11 is 0. The molecule has 0 unspecified atom stereocenters. The Morgan fingerprint density at radius 1 is 1.21 bits per heavy atom. The minimum absolute atomic E-state index is 0.0483. The van der Waals surface area contributed by atoms with Gasteiger partial charge in [0.1, 0.15) is 17.4 Å². The highest BCUT2D eigenvalue weighted by Gasteiger charge is 2.34. The summed E-state index contributed by atoms with van der Waals surface area (Å²) in [6, 6.07) is 15.8. The number of nitrogens with zero attached hydrogens (tertiary/aromatic N) is 3. The molecule has 0 aliphatic carbocycles. The summed E-state index contributed by atoms with van der Waals surface area (Å²) in [7, 11) is 3.58. The molecular formula is C30H35N3O6. The Bertz CT molecular complexity index is 1310. The lowest BCUT2D eigenvalue weighted by atomic mass is 9.99. The van der Waals surface area contributed by atoms with Crippen molar-refractivity contribution in [3.05, 3.63) is 77.5 Å². The zero-order valence-electron chi connectivity index (χ0n) is 22.7. The van der Waals surface area contributed by atoms with Crippen molar-refractivity contribution in [2.45, 2.75) is 32.5 Å². The number of fused-ring (bicyclic) bond motifs is 1.